The van der Waals surface area contributed by atoms with E-state index in [1.165, 1.54) is 0 Å². The Kier molecular flexibility index (Phi) is 4.68. The highest BCUT2D eigenvalue weighted by Gasteiger charge is 2.28. The van der Waals surface area contributed by atoms with Crippen LogP contribution in [0.4, 0.5) is 0 Å². The van der Waals surface area contributed by atoms with Gasteiger partial charge in [0.25, 0.3) is 0 Å². The SMILES string of the molecule is O=C(O)C(Cc1c[nH]c2ccc(Br)cc12)NC(=O)C1CCCO1. The van der Waals surface area contributed by atoms with Crippen molar-refractivity contribution in [3.05, 3.63) is 34.4 Å². The van der Waals surface area contributed by atoms with Crippen LogP contribution < -0.4 is 5.32 Å². The lowest BCUT2D eigenvalue weighted by molar-refractivity contribution is -0.143. The number of aliphatic carboxylic acids is 1. The Morgan fingerprint density at radius 3 is 3.00 bits per heavy atom. The molecule has 0 radical (unpaired) electrons. The second-order valence-corrected chi connectivity index (χ2v) is 6.52. The third-order valence-corrected chi connectivity index (χ3v) is 4.48. The molecule has 1 amide bonds. The first-order valence-corrected chi connectivity index (χ1v) is 8.24. The van der Waals surface area contributed by atoms with Crippen LogP contribution >= 0.6 is 15.9 Å². The van der Waals surface area contributed by atoms with Gasteiger partial charge in [-0.25, -0.2) is 4.79 Å². The van der Waals surface area contributed by atoms with E-state index >= 15 is 0 Å². The van der Waals surface area contributed by atoms with E-state index in [1.54, 1.807) is 6.20 Å². The second kappa shape index (κ2) is 6.72. The van der Waals surface area contributed by atoms with E-state index in [0.717, 1.165) is 27.4 Å². The Hall–Kier alpha value is -1.86. The first-order valence-electron chi connectivity index (χ1n) is 7.45. The van der Waals surface area contributed by atoms with Crippen LogP contribution in [0.25, 0.3) is 10.9 Å². The molecule has 1 saturated heterocycles. The fraction of sp³-hybridized carbons (Fsp3) is 0.375. The predicted octanol–water partition coefficient (Wildman–Crippen LogP) is 2.22. The molecule has 0 spiro atoms. The van der Waals surface area contributed by atoms with Crippen LogP contribution in [0, 0.1) is 0 Å². The van der Waals surface area contributed by atoms with E-state index in [2.05, 4.69) is 26.2 Å². The zero-order chi connectivity index (χ0) is 16.4. The molecule has 2 heterocycles. The topological polar surface area (TPSA) is 91.4 Å². The molecule has 6 nitrogen and oxygen atoms in total. The first kappa shape index (κ1) is 16.0. The average Bonchev–Trinajstić information content (AvgIpc) is 3.16. The third kappa shape index (κ3) is 3.56. The summed E-state index contributed by atoms with van der Waals surface area (Å²) in [6, 6.07) is 4.78. The third-order valence-electron chi connectivity index (χ3n) is 3.99. The molecule has 2 unspecified atom stereocenters. The smallest absolute Gasteiger partial charge is 0.326 e. The number of benzene rings is 1. The zero-order valence-electron chi connectivity index (χ0n) is 12.3. The molecule has 1 aliphatic rings. The number of halogens is 1. The number of aromatic nitrogens is 1. The quantitative estimate of drug-likeness (QED) is 0.741. The highest BCUT2D eigenvalue weighted by molar-refractivity contribution is 9.10. The number of carbonyl (C=O) groups is 2. The summed E-state index contributed by atoms with van der Waals surface area (Å²) in [4.78, 5) is 26.7. The van der Waals surface area contributed by atoms with Crippen LogP contribution in [0.5, 0.6) is 0 Å². The van der Waals surface area contributed by atoms with Crippen molar-refractivity contribution in [1.82, 2.24) is 10.3 Å². The number of carboxylic acids is 1. The van der Waals surface area contributed by atoms with Crippen LogP contribution in [0.3, 0.4) is 0 Å². The second-order valence-electron chi connectivity index (χ2n) is 5.61. The van der Waals surface area contributed by atoms with Crippen molar-refractivity contribution in [2.45, 2.75) is 31.4 Å². The molecule has 0 aliphatic carbocycles. The van der Waals surface area contributed by atoms with E-state index < -0.39 is 18.1 Å². The molecule has 0 bridgehead atoms. The number of carboxylic acid groups (broad SMARTS) is 1. The van der Waals surface area contributed by atoms with Crippen molar-refractivity contribution in [2.75, 3.05) is 6.61 Å². The lowest BCUT2D eigenvalue weighted by atomic mass is 10.0. The number of nitrogens with one attached hydrogen (secondary N) is 2. The highest BCUT2D eigenvalue weighted by Crippen LogP contribution is 2.24. The molecule has 2 aromatic rings. The molecule has 1 aromatic carbocycles. The Morgan fingerprint density at radius 1 is 1.48 bits per heavy atom. The van der Waals surface area contributed by atoms with E-state index in [0.29, 0.717) is 13.0 Å². The Morgan fingerprint density at radius 2 is 2.30 bits per heavy atom. The van der Waals surface area contributed by atoms with Gasteiger partial charge in [-0.2, -0.15) is 0 Å². The zero-order valence-corrected chi connectivity index (χ0v) is 13.9. The molecule has 1 aliphatic heterocycles. The number of hydrogen-bond donors (Lipinski definition) is 3. The maximum atomic E-state index is 12.1. The van der Waals surface area contributed by atoms with E-state index in [-0.39, 0.29) is 12.3 Å². The Labute approximate surface area is 141 Å². The first-order chi connectivity index (χ1) is 11.0. The van der Waals surface area contributed by atoms with E-state index in [1.807, 2.05) is 18.2 Å². The average molecular weight is 381 g/mol. The van der Waals surface area contributed by atoms with Crippen LogP contribution in [0.2, 0.25) is 0 Å². The summed E-state index contributed by atoms with van der Waals surface area (Å²) in [5.41, 5.74) is 1.78. The summed E-state index contributed by atoms with van der Waals surface area (Å²) in [6.07, 6.45) is 2.92. The Balaban J connectivity index is 1.77. The summed E-state index contributed by atoms with van der Waals surface area (Å²) in [5, 5.41) is 12.9. The van der Waals surface area contributed by atoms with Crippen LogP contribution in [0.15, 0.2) is 28.9 Å². The predicted molar refractivity (Wildman–Crippen MR) is 88.2 cm³/mol. The van der Waals surface area contributed by atoms with Gasteiger partial charge < -0.3 is 20.1 Å². The van der Waals surface area contributed by atoms with Crippen LogP contribution in [0.1, 0.15) is 18.4 Å². The molecule has 1 aromatic heterocycles. The van der Waals surface area contributed by atoms with Crippen LogP contribution in [-0.2, 0) is 20.7 Å². The summed E-state index contributed by atoms with van der Waals surface area (Å²) in [6.45, 7) is 0.548. The van der Waals surface area contributed by atoms with Crippen molar-refractivity contribution in [1.29, 1.82) is 0 Å². The summed E-state index contributed by atoms with van der Waals surface area (Å²) in [7, 11) is 0. The van der Waals surface area contributed by atoms with Crippen molar-refractivity contribution >= 4 is 38.7 Å². The van der Waals surface area contributed by atoms with Gasteiger partial charge in [0.05, 0.1) is 0 Å². The minimum atomic E-state index is -1.05. The minimum absolute atomic E-state index is 0.213. The number of carbonyl (C=O) groups excluding carboxylic acids is 1. The fourth-order valence-electron chi connectivity index (χ4n) is 2.79. The van der Waals surface area contributed by atoms with Gasteiger partial charge >= 0.3 is 5.97 Å². The van der Waals surface area contributed by atoms with Crippen molar-refractivity contribution < 1.29 is 19.4 Å². The molecular formula is C16H17BrN2O4. The van der Waals surface area contributed by atoms with Gasteiger partial charge in [0, 0.05) is 34.6 Å². The molecule has 2 atom stereocenters. The van der Waals surface area contributed by atoms with Crippen molar-refractivity contribution in [3.8, 4) is 0 Å². The molecule has 1 fully saturated rings. The molecule has 7 heteroatoms. The maximum Gasteiger partial charge on any atom is 0.326 e. The maximum absolute atomic E-state index is 12.1. The number of fused-ring (bicyclic) bond motifs is 1. The van der Waals surface area contributed by atoms with Gasteiger partial charge in [0.15, 0.2) is 0 Å². The number of amides is 1. The molecule has 122 valence electrons. The highest BCUT2D eigenvalue weighted by atomic mass is 79.9. The number of hydrogen-bond acceptors (Lipinski definition) is 3. The van der Waals surface area contributed by atoms with Gasteiger partial charge in [-0.3, -0.25) is 4.79 Å². The number of aromatic amines is 1. The van der Waals surface area contributed by atoms with Gasteiger partial charge in [0.1, 0.15) is 12.1 Å². The molecule has 23 heavy (non-hydrogen) atoms. The van der Waals surface area contributed by atoms with Crippen LogP contribution in [-0.4, -0.2) is 40.7 Å². The monoisotopic (exact) mass is 380 g/mol. The lowest BCUT2D eigenvalue weighted by Gasteiger charge is -2.17. The van der Waals surface area contributed by atoms with E-state index in [4.69, 9.17) is 4.74 Å². The summed E-state index contributed by atoms with van der Waals surface area (Å²) in [5.74, 6) is -1.41. The van der Waals surface area contributed by atoms with E-state index in [9.17, 15) is 14.7 Å². The van der Waals surface area contributed by atoms with Crippen molar-refractivity contribution in [3.63, 3.8) is 0 Å². The molecule has 3 rings (SSSR count). The van der Waals surface area contributed by atoms with Gasteiger partial charge in [-0.1, -0.05) is 15.9 Å². The van der Waals surface area contributed by atoms with Crippen molar-refractivity contribution in [2.24, 2.45) is 0 Å². The van der Waals surface area contributed by atoms with Gasteiger partial charge in [-0.15, -0.1) is 0 Å². The molecular weight excluding hydrogens is 364 g/mol. The normalized spacial score (nSPS) is 18.9. The number of H-pyrrole nitrogens is 1. The summed E-state index contributed by atoms with van der Waals surface area (Å²) >= 11 is 3.41. The Bertz CT molecular complexity index is 737. The largest absolute Gasteiger partial charge is 0.480 e. The fourth-order valence-corrected chi connectivity index (χ4v) is 3.15. The van der Waals surface area contributed by atoms with Gasteiger partial charge in [-0.05, 0) is 36.6 Å². The number of ether oxygens (including phenoxy) is 1. The lowest BCUT2D eigenvalue weighted by Crippen LogP contribution is -2.46. The minimum Gasteiger partial charge on any atom is -0.480 e. The summed E-state index contributed by atoms with van der Waals surface area (Å²) < 4.78 is 6.22. The molecule has 3 N–H and O–H groups in total. The van der Waals surface area contributed by atoms with Gasteiger partial charge in [0.2, 0.25) is 5.91 Å². The molecule has 0 saturated carbocycles. The number of rotatable bonds is 5. The standard InChI is InChI=1S/C16H17BrN2O4/c17-10-3-4-12-11(7-10)9(8-18-12)6-13(16(21)22)19-15(20)14-2-1-5-23-14/h3-4,7-8,13-14,18H,1-2,5-6H2,(H,19,20)(H,21,22).